The van der Waals surface area contributed by atoms with E-state index in [1.54, 1.807) is 0 Å². The molecule has 0 saturated heterocycles. The van der Waals surface area contributed by atoms with E-state index in [9.17, 15) is 18.3 Å². The quantitative estimate of drug-likeness (QED) is 0.910. The molecule has 0 fully saturated rings. The Bertz CT molecular complexity index is 573. The lowest BCUT2D eigenvalue weighted by Gasteiger charge is -2.13. The number of aliphatic hydroxyl groups is 1. The standard InChI is InChI=1S/C11H7BrF3NO2S/c12-10-9(19-5-16-10)8(17)6-2-1-3-7(4-6)18-11(13,14)15/h1-5,8,17H. The molecule has 0 aliphatic heterocycles. The van der Waals surface area contributed by atoms with Crippen molar-refractivity contribution in [3.8, 4) is 5.75 Å². The van der Waals surface area contributed by atoms with Crippen LogP contribution in [0.1, 0.15) is 16.5 Å². The molecule has 0 radical (unpaired) electrons. The van der Waals surface area contributed by atoms with Crippen LogP contribution < -0.4 is 4.74 Å². The Balaban J connectivity index is 2.26. The van der Waals surface area contributed by atoms with Crippen LogP contribution in [0.3, 0.4) is 0 Å². The van der Waals surface area contributed by atoms with Gasteiger partial charge in [0, 0.05) is 0 Å². The van der Waals surface area contributed by atoms with E-state index in [0.29, 0.717) is 15.0 Å². The first-order valence-electron chi connectivity index (χ1n) is 4.99. The van der Waals surface area contributed by atoms with Crippen LogP contribution >= 0.6 is 27.3 Å². The molecule has 1 aromatic heterocycles. The van der Waals surface area contributed by atoms with Gasteiger partial charge in [-0.2, -0.15) is 0 Å². The second-order valence-electron chi connectivity index (χ2n) is 3.53. The number of alkyl halides is 3. The second-order valence-corrected chi connectivity index (χ2v) is 5.17. The zero-order valence-corrected chi connectivity index (χ0v) is 11.6. The summed E-state index contributed by atoms with van der Waals surface area (Å²) in [5, 5.41) is 10.1. The molecular formula is C11H7BrF3NO2S. The summed E-state index contributed by atoms with van der Waals surface area (Å²) in [6, 6.07) is 5.21. The number of aromatic nitrogens is 1. The van der Waals surface area contributed by atoms with Gasteiger partial charge in [-0.1, -0.05) is 12.1 Å². The smallest absolute Gasteiger partial charge is 0.406 e. The van der Waals surface area contributed by atoms with Crippen LogP contribution in [0.5, 0.6) is 5.75 Å². The molecule has 0 amide bonds. The number of thiazole rings is 1. The van der Waals surface area contributed by atoms with Crippen molar-refractivity contribution in [2.75, 3.05) is 0 Å². The SMILES string of the molecule is OC(c1cccc(OC(F)(F)F)c1)c1scnc1Br. The van der Waals surface area contributed by atoms with Crippen molar-refractivity contribution in [2.45, 2.75) is 12.5 Å². The summed E-state index contributed by atoms with van der Waals surface area (Å²) in [5.41, 5.74) is 1.82. The van der Waals surface area contributed by atoms with Gasteiger partial charge < -0.3 is 9.84 Å². The summed E-state index contributed by atoms with van der Waals surface area (Å²) >= 11 is 4.36. The average molecular weight is 354 g/mol. The van der Waals surface area contributed by atoms with Gasteiger partial charge in [0.05, 0.1) is 10.4 Å². The summed E-state index contributed by atoms with van der Waals surface area (Å²) in [6.45, 7) is 0. The van der Waals surface area contributed by atoms with Gasteiger partial charge >= 0.3 is 6.36 Å². The first-order chi connectivity index (χ1) is 8.87. The van der Waals surface area contributed by atoms with Crippen LogP contribution in [0.25, 0.3) is 0 Å². The highest BCUT2D eigenvalue weighted by molar-refractivity contribution is 9.10. The molecule has 2 rings (SSSR count). The van der Waals surface area contributed by atoms with E-state index in [1.807, 2.05) is 0 Å². The molecule has 3 nitrogen and oxygen atoms in total. The Kier molecular flexibility index (Phi) is 4.12. The highest BCUT2D eigenvalue weighted by Crippen LogP contribution is 2.33. The number of nitrogens with zero attached hydrogens (tertiary/aromatic N) is 1. The molecule has 0 spiro atoms. The van der Waals surface area contributed by atoms with Crippen molar-refractivity contribution in [2.24, 2.45) is 0 Å². The van der Waals surface area contributed by atoms with Gasteiger partial charge in [0.25, 0.3) is 0 Å². The van der Waals surface area contributed by atoms with E-state index in [4.69, 9.17) is 0 Å². The van der Waals surface area contributed by atoms with E-state index in [1.165, 1.54) is 35.0 Å². The van der Waals surface area contributed by atoms with Gasteiger partial charge in [-0.05, 0) is 33.6 Å². The molecule has 0 aliphatic rings. The first-order valence-corrected chi connectivity index (χ1v) is 6.67. The van der Waals surface area contributed by atoms with Crippen molar-refractivity contribution in [1.29, 1.82) is 0 Å². The molecule has 19 heavy (non-hydrogen) atoms. The van der Waals surface area contributed by atoms with Gasteiger partial charge in [-0.3, -0.25) is 0 Å². The van der Waals surface area contributed by atoms with Gasteiger partial charge in [-0.25, -0.2) is 4.98 Å². The number of rotatable bonds is 3. The molecule has 1 atom stereocenters. The first kappa shape index (κ1) is 14.3. The fourth-order valence-corrected chi connectivity index (χ4v) is 2.87. The molecule has 102 valence electrons. The van der Waals surface area contributed by atoms with Gasteiger partial charge in [0.15, 0.2) is 0 Å². The summed E-state index contributed by atoms with van der Waals surface area (Å²) < 4.78 is 40.6. The largest absolute Gasteiger partial charge is 0.573 e. The molecular weight excluding hydrogens is 347 g/mol. The molecule has 0 saturated carbocycles. The number of halogens is 4. The van der Waals surface area contributed by atoms with Crippen molar-refractivity contribution in [3.63, 3.8) is 0 Å². The maximum absolute atomic E-state index is 12.1. The van der Waals surface area contributed by atoms with Gasteiger partial charge in [-0.15, -0.1) is 24.5 Å². The Morgan fingerprint density at radius 1 is 1.37 bits per heavy atom. The lowest BCUT2D eigenvalue weighted by Crippen LogP contribution is -2.17. The highest BCUT2D eigenvalue weighted by Gasteiger charge is 2.31. The fraction of sp³-hybridized carbons (Fsp3) is 0.182. The van der Waals surface area contributed by atoms with E-state index in [2.05, 4.69) is 25.7 Å². The molecule has 0 aliphatic carbocycles. The maximum atomic E-state index is 12.1. The summed E-state index contributed by atoms with van der Waals surface area (Å²) in [7, 11) is 0. The second kappa shape index (κ2) is 5.48. The summed E-state index contributed by atoms with van der Waals surface area (Å²) in [6.07, 6.45) is -5.81. The summed E-state index contributed by atoms with van der Waals surface area (Å²) in [4.78, 5) is 4.43. The minimum atomic E-state index is -4.76. The lowest BCUT2D eigenvalue weighted by molar-refractivity contribution is -0.274. The fourth-order valence-electron chi connectivity index (χ4n) is 1.45. The van der Waals surface area contributed by atoms with Crippen molar-refractivity contribution >= 4 is 27.3 Å². The summed E-state index contributed by atoms with van der Waals surface area (Å²) in [5.74, 6) is -0.371. The van der Waals surface area contributed by atoms with Crippen molar-refractivity contribution in [3.05, 3.63) is 44.8 Å². The Labute approximate surface area is 118 Å². The van der Waals surface area contributed by atoms with Gasteiger partial charge in [0.2, 0.25) is 0 Å². The van der Waals surface area contributed by atoms with Gasteiger partial charge in [0.1, 0.15) is 16.5 Å². The number of hydrogen-bond acceptors (Lipinski definition) is 4. The normalized spacial score (nSPS) is 13.3. The number of benzene rings is 1. The van der Waals surface area contributed by atoms with E-state index < -0.39 is 12.5 Å². The molecule has 0 bridgehead atoms. The van der Waals surface area contributed by atoms with Crippen LogP contribution in [0.2, 0.25) is 0 Å². The minimum Gasteiger partial charge on any atom is -0.406 e. The Hall–Kier alpha value is -1.12. The maximum Gasteiger partial charge on any atom is 0.573 e. The number of aliphatic hydroxyl groups excluding tert-OH is 1. The van der Waals surface area contributed by atoms with Crippen molar-refractivity contribution < 1.29 is 23.0 Å². The molecule has 1 unspecified atom stereocenters. The van der Waals surface area contributed by atoms with E-state index in [-0.39, 0.29) is 5.75 Å². The molecule has 2 aromatic rings. The third-order valence-corrected chi connectivity index (χ3v) is 3.98. The zero-order chi connectivity index (χ0) is 14.0. The zero-order valence-electron chi connectivity index (χ0n) is 9.19. The predicted molar refractivity (Wildman–Crippen MR) is 67.0 cm³/mol. The van der Waals surface area contributed by atoms with Crippen LogP contribution in [0, 0.1) is 0 Å². The van der Waals surface area contributed by atoms with Crippen LogP contribution in [0.15, 0.2) is 34.4 Å². The Morgan fingerprint density at radius 2 is 2.11 bits per heavy atom. The monoisotopic (exact) mass is 353 g/mol. The van der Waals surface area contributed by atoms with E-state index in [0.717, 1.165) is 6.07 Å². The highest BCUT2D eigenvalue weighted by atomic mass is 79.9. The average Bonchev–Trinajstić information content (AvgIpc) is 2.72. The topological polar surface area (TPSA) is 42.4 Å². The molecule has 8 heteroatoms. The van der Waals surface area contributed by atoms with Crippen LogP contribution in [0.4, 0.5) is 13.2 Å². The van der Waals surface area contributed by atoms with E-state index >= 15 is 0 Å². The molecule has 1 heterocycles. The number of ether oxygens (including phenoxy) is 1. The molecule has 1 aromatic carbocycles. The number of hydrogen-bond donors (Lipinski definition) is 1. The van der Waals surface area contributed by atoms with Crippen LogP contribution in [-0.4, -0.2) is 16.5 Å². The third kappa shape index (κ3) is 3.68. The minimum absolute atomic E-state index is 0.298. The molecule has 1 N–H and O–H groups in total. The van der Waals surface area contributed by atoms with Crippen LogP contribution in [-0.2, 0) is 0 Å². The lowest BCUT2D eigenvalue weighted by atomic mass is 10.1. The predicted octanol–water partition coefficient (Wildman–Crippen LogP) is 3.89. The Morgan fingerprint density at radius 3 is 2.68 bits per heavy atom. The third-order valence-electron chi connectivity index (χ3n) is 2.20. The van der Waals surface area contributed by atoms with Crippen molar-refractivity contribution in [1.82, 2.24) is 4.98 Å².